The quantitative estimate of drug-likeness (QED) is 0.936. The molecule has 2 aromatic rings. The Morgan fingerprint density at radius 1 is 1.20 bits per heavy atom. The highest BCUT2D eigenvalue weighted by Crippen LogP contribution is 2.39. The Kier molecular flexibility index (Phi) is 3.20. The summed E-state index contributed by atoms with van der Waals surface area (Å²) in [7, 11) is 0. The minimum Gasteiger partial charge on any atom is -0.325 e. The van der Waals surface area contributed by atoms with Gasteiger partial charge in [-0.2, -0.15) is 0 Å². The van der Waals surface area contributed by atoms with Crippen LogP contribution in [0.3, 0.4) is 0 Å². The summed E-state index contributed by atoms with van der Waals surface area (Å²) in [6.07, 6.45) is 6.26. The predicted octanol–water partition coefficient (Wildman–Crippen LogP) is 3.57. The zero-order valence-electron chi connectivity index (χ0n) is 11.6. The molecule has 0 bridgehead atoms. The van der Waals surface area contributed by atoms with E-state index < -0.39 is 0 Å². The average Bonchev–Trinajstić information content (AvgIpc) is 3.22. The summed E-state index contributed by atoms with van der Waals surface area (Å²) in [6.45, 7) is 2.31. The third-order valence-electron chi connectivity index (χ3n) is 4.57. The van der Waals surface area contributed by atoms with Gasteiger partial charge in [-0.1, -0.05) is 11.6 Å². The van der Waals surface area contributed by atoms with Crippen molar-refractivity contribution in [2.45, 2.75) is 38.1 Å². The first-order valence-corrected chi connectivity index (χ1v) is 8.06. The van der Waals surface area contributed by atoms with Crippen molar-refractivity contribution in [3.05, 3.63) is 29.0 Å². The third kappa shape index (κ3) is 2.33. The van der Waals surface area contributed by atoms with Crippen molar-refractivity contribution in [3.8, 4) is 0 Å². The van der Waals surface area contributed by atoms with Crippen LogP contribution in [0.1, 0.15) is 37.5 Å². The molecule has 2 fully saturated rings. The van der Waals surface area contributed by atoms with Gasteiger partial charge in [0, 0.05) is 17.5 Å². The molecule has 4 heteroatoms. The van der Waals surface area contributed by atoms with Gasteiger partial charge in [-0.25, -0.2) is 4.98 Å². The molecule has 0 unspecified atom stereocenters. The van der Waals surface area contributed by atoms with E-state index in [1.165, 1.54) is 37.0 Å². The van der Waals surface area contributed by atoms with Crippen LogP contribution in [0, 0.1) is 5.92 Å². The van der Waals surface area contributed by atoms with Gasteiger partial charge in [-0.3, -0.25) is 0 Å². The predicted molar refractivity (Wildman–Crippen MR) is 82.3 cm³/mol. The number of piperidine rings is 1. The molecule has 1 aliphatic heterocycles. The van der Waals surface area contributed by atoms with Crippen LogP contribution in [0.25, 0.3) is 11.0 Å². The van der Waals surface area contributed by atoms with Crippen LogP contribution in [-0.4, -0.2) is 22.6 Å². The first-order valence-electron chi connectivity index (χ1n) is 7.68. The molecule has 1 aromatic heterocycles. The van der Waals surface area contributed by atoms with Crippen molar-refractivity contribution < 1.29 is 0 Å². The fourth-order valence-electron chi connectivity index (χ4n) is 3.35. The van der Waals surface area contributed by atoms with Gasteiger partial charge in [0.1, 0.15) is 5.82 Å². The van der Waals surface area contributed by atoms with Crippen LogP contribution >= 0.6 is 11.6 Å². The van der Waals surface area contributed by atoms with Crippen LogP contribution in [0.4, 0.5) is 0 Å². The molecule has 1 N–H and O–H groups in total. The summed E-state index contributed by atoms with van der Waals surface area (Å²) in [5.74, 6) is 2.05. The van der Waals surface area contributed by atoms with Gasteiger partial charge >= 0.3 is 0 Å². The number of hydrogen-bond donors (Lipinski definition) is 1. The third-order valence-corrected chi connectivity index (χ3v) is 4.80. The summed E-state index contributed by atoms with van der Waals surface area (Å²) in [4.78, 5) is 4.89. The summed E-state index contributed by atoms with van der Waals surface area (Å²) < 4.78 is 2.48. The first kappa shape index (κ1) is 12.7. The summed E-state index contributed by atoms with van der Waals surface area (Å²) in [6, 6.07) is 6.80. The van der Waals surface area contributed by atoms with E-state index in [4.69, 9.17) is 16.6 Å². The Morgan fingerprint density at radius 3 is 2.75 bits per heavy atom. The van der Waals surface area contributed by atoms with E-state index in [2.05, 4.69) is 16.0 Å². The summed E-state index contributed by atoms with van der Waals surface area (Å²) in [5.41, 5.74) is 2.33. The fourth-order valence-corrected chi connectivity index (χ4v) is 3.52. The van der Waals surface area contributed by atoms with E-state index in [1.54, 1.807) is 0 Å². The molecule has 0 spiro atoms. The minimum absolute atomic E-state index is 0.679. The number of hydrogen-bond acceptors (Lipinski definition) is 2. The van der Waals surface area contributed by atoms with Gasteiger partial charge in [-0.05, 0) is 62.9 Å². The number of nitrogens with zero attached hydrogens (tertiary/aromatic N) is 2. The Balaban J connectivity index is 1.71. The molecule has 1 saturated heterocycles. The molecule has 3 nitrogen and oxygen atoms in total. The molecule has 1 aliphatic carbocycles. The maximum Gasteiger partial charge on any atom is 0.110 e. The molecular formula is C16H20ClN3. The standard InChI is InChI=1S/C16H20ClN3/c17-12-1-4-15-14(10-12)19-16(20(15)13-2-3-13)9-11-5-7-18-8-6-11/h1,4,10-11,13,18H,2-3,5-9H2. The molecular weight excluding hydrogens is 270 g/mol. The topological polar surface area (TPSA) is 29.9 Å². The molecule has 20 heavy (non-hydrogen) atoms. The Hall–Kier alpha value is -1.06. The largest absolute Gasteiger partial charge is 0.325 e. The highest BCUT2D eigenvalue weighted by Gasteiger charge is 2.29. The van der Waals surface area contributed by atoms with Crippen LogP contribution in [0.2, 0.25) is 5.02 Å². The molecule has 1 aromatic carbocycles. The highest BCUT2D eigenvalue weighted by molar-refractivity contribution is 6.31. The van der Waals surface area contributed by atoms with Crippen molar-refractivity contribution in [3.63, 3.8) is 0 Å². The number of nitrogens with one attached hydrogen (secondary N) is 1. The molecule has 0 atom stereocenters. The van der Waals surface area contributed by atoms with Gasteiger partial charge in [0.2, 0.25) is 0 Å². The number of benzene rings is 1. The van der Waals surface area contributed by atoms with Crippen molar-refractivity contribution in [2.24, 2.45) is 5.92 Å². The molecule has 2 heterocycles. The van der Waals surface area contributed by atoms with E-state index in [1.807, 2.05) is 12.1 Å². The average molecular weight is 290 g/mol. The van der Waals surface area contributed by atoms with Gasteiger partial charge in [0.25, 0.3) is 0 Å². The van der Waals surface area contributed by atoms with E-state index >= 15 is 0 Å². The van der Waals surface area contributed by atoms with Gasteiger partial charge in [-0.15, -0.1) is 0 Å². The lowest BCUT2D eigenvalue weighted by molar-refractivity contribution is 0.363. The Labute approximate surface area is 124 Å². The van der Waals surface area contributed by atoms with Crippen LogP contribution in [0.15, 0.2) is 18.2 Å². The minimum atomic E-state index is 0.679. The van der Waals surface area contributed by atoms with E-state index in [9.17, 15) is 0 Å². The molecule has 1 saturated carbocycles. The zero-order valence-corrected chi connectivity index (χ0v) is 12.4. The van der Waals surface area contributed by atoms with E-state index in [0.717, 1.165) is 36.0 Å². The Bertz CT molecular complexity index is 624. The van der Waals surface area contributed by atoms with Crippen LogP contribution in [-0.2, 0) is 6.42 Å². The second kappa shape index (κ2) is 5.05. The second-order valence-electron chi connectivity index (χ2n) is 6.16. The van der Waals surface area contributed by atoms with Crippen LogP contribution in [0.5, 0.6) is 0 Å². The molecule has 2 aliphatic rings. The normalized spacial score (nSPS) is 20.6. The first-order chi connectivity index (χ1) is 9.81. The zero-order chi connectivity index (χ0) is 13.5. The fraction of sp³-hybridized carbons (Fsp3) is 0.562. The van der Waals surface area contributed by atoms with E-state index in [-0.39, 0.29) is 0 Å². The smallest absolute Gasteiger partial charge is 0.110 e. The van der Waals surface area contributed by atoms with Gasteiger partial charge < -0.3 is 9.88 Å². The molecule has 0 radical (unpaired) electrons. The lowest BCUT2D eigenvalue weighted by Crippen LogP contribution is -2.29. The molecule has 4 rings (SSSR count). The Morgan fingerprint density at radius 2 is 2.00 bits per heavy atom. The molecule has 0 amide bonds. The SMILES string of the molecule is Clc1ccc2c(c1)nc(CC1CCNCC1)n2C1CC1. The maximum absolute atomic E-state index is 6.11. The number of fused-ring (bicyclic) bond motifs is 1. The van der Waals surface area contributed by atoms with Crippen LogP contribution < -0.4 is 5.32 Å². The lowest BCUT2D eigenvalue weighted by atomic mass is 9.94. The number of aromatic nitrogens is 2. The van der Waals surface area contributed by atoms with Crippen molar-refractivity contribution in [1.82, 2.24) is 14.9 Å². The lowest BCUT2D eigenvalue weighted by Gasteiger charge is -2.22. The monoisotopic (exact) mass is 289 g/mol. The number of rotatable bonds is 3. The van der Waals surface area contributed by atoms with E-state index in [0.29, 0.717) is 6.04 Å². The van der Waals surface area contributed by atoms with Crippen molar-refractivity contribution >= 4 is 22.6 Å². The number of halogens is 1. The summed E-state index contributed by atoms with van der Waals surface area (Å²) >= 11 is 6.11. The second-order valence-corrected chi connectivity index (χ2v) is 6.60. The summed E-state index contributed by atoms with van der Waals surface area (Å²) in [5, 5.41) is 4.22. The maximum atomic E-state index is 6.11. The van der Waals surface area contributed by atoms with Crippen molar-refractivity contribution in [2.75, 3.05) is 13.1 Å². The number of imidazole rings is 1. The van der Waals surface area contributed by atoms with Gasteiger partial charge in [0.05, 0.1) is 11.0 Å². The van der Waals surface area contributed by atoms with Crippen molar-refractivity contribution in [1.29, 1.82) is 0 Å². The van der Waals surface area contributed by atoms with Gasteiger partial charge in [0.15, 0.2) is 0 Å². The highest BCUT2D eigenvalue weighted by atomic mass is 35.5. The molecule has 106 valence electrons.